The van der Waals surface area contributed by atoms with Gasteiger partial charge in [-0.1, -0.05) is 25.1 Å². The fourth-order valence-corrected chi connectivity index (χ4v) is 7.18. The third-order valence-corrected chi connectivity index (χ3v) is 8.65. The maximum Gasteiger partial charge on any atom is 0.209 e. The van der Waals surface area contributed by atoms with Gasteiger partial charge in [-0.25, -0.2) is 8.42 Å². The second-order valence-corrected chi connectivity index (χ2v) is 10.4. The Bertz CT molecular complexity index is 1040. The van der Waals surface area contributed by atoms with Crippen molar-refractivity contribution in [2.24, 2.45) is 0 Å². The smallest absolute Gasteiger partial charge is 0.209 e. The summed E-state index contributed by atoms with van der Waals surface area (Å²) < 4.78 is 27.2. The van der Waals surface area contributed by atoms with Crippen LogP contribution in [0.15, 0.2) is 46.2 Å². The molecule has 0 aliphatic carbocycles. The van der Waals surface area contributed by atoms with Crippen LogP contribution in [0.4, 0.5) is 11.4 Å². The van der Waals surface area contributed by atoms with Gasteiger partial charge < -0.3 is 14.7 Å². The molecule has 0 spiro atoms. The summed E-state index contributed by atoms with van der Waals surface area (Å²) in [6.07, 6.45) is 3.30. The van der Waals surface area contributed by atoms with Crippen LogP contribution in [0.1, 0.15) is 26.2 Å². The molecule has 2 aromatic carbocycles. The summed E-state index contributed by atoms with van der Waals surface area (Å²) in [7, 11) is -1.54. The molecule has 0 saturated carbocycles. The Morgan fingerprint density at radius 2 is 1.83 bits per heavy atom. The van der Waals surface area contributed by atoms with Crippen LogP contribution in [0.2, 0.25) is 0 Å². The molecule has 0 unspecified atom stereocenters. The number of hydrogen-bond acceptors (Lipinski definition) is 5. The molecule has 5 nitrogen and oxygen atoms in total. The van der Waals surface area contributed by atoms with Crippen molar-refractivity contribution in [3.8, 4) is 11.1 Å². The van der Waals surface area contributed by atoms with Gasteiger partial charge in [-0.05, 0) is 37.5 Å². The predicted octanol–water partition coefficient (Wildman–Crippen LogP) is 3.63. The molecule has 0 atom stereocenters. The van der Waals surface area contributed by atoms with E-state index in [2.05, 4.69) is 27.7 Å². The van der Waals surface area contributed by atoms with Crippen LogP contribution in [0, 0.1) is 0 Å². The van der Waals surface area contributed by atoms with E-state index in [4.69, 9.17) is 0 Å². The lowest BCUT2D eigenvalue weighted by atomic mass is 10.0. The Kier molecular flexibility index (Phi) is 4.59. The van der Waals surface area contributed by atoms with Crippen LogP contribution >= 0.6 is 0 Å². The number of hydrogen-bond donors (Lipinski definition) is 0. The molecule has 4 aliphatic heterocycles. The number of nitrogens with zero attached hydrogens (tertiary/aromatic N) is 3. The van der Waals surface area contributed by atoms with Gasteiger partial charge >= 0.3 is 0 Å². The Hall–Kier alpha value is -2.05. The van der Waals surface area contributed by atoms with Gasteiger partial charge in [0.2, 0.25) is 9.84 Å². The zero-order valence-corrected chi connectivity index (χ0v) is 18.1. The van der Waals surface area contributed by atoms with E-state index < -0.39 is 9.84 Å². The standard InChI is InChI=1S/C23H29N3O2S/c1-3-11-24(2)21-6-4-5-20-19-8-7-18(16-22(19)29(27,28)23(20)21)26-15-14-25-12-9-17(26)10-13-25/h4-8,16-17H,3,9-15H2,1-2H3/i2-1. The highest BCUT2D eigenvalue weighted by atomic mass is 32.2. The van der Waals surface area contributed by atoms with Crippen molar-refractivity contribution in [1.29, 1.82) is 0 Å². The highest BCUT2D eigenvalue weighted by Gasteiger charge is 2.37. The number of anilines is 2. The molecule has 154 valence electrons. The first kappa shape index (κ1) is 18.9. The average Bonchev–Trinajstić information content (AvgIpc) is 2.93. The van der Waals surface area contributed by atoms with Gasteiger partial charge in [-0.2, -0.15) is 0 Å². The molecule has 0 aromatic heterocycles. The lowest BCUT2D eigenvalue weighted by Crippen LogP contribution is -2.37. The molecule has 6 heteroatoms. The predicted molar refractivity (Wildman–Crippen MR) is 118 cm³/mol. The van der Waals surface area contributed by atoms with Crippen LogP contribution in [-0.2, 0) is 9.84 Å². The second-order valence-electron chi connectivity index (χ2n) is 8.53. The number of fused-ring (bicyclic) bond motifs is 7. The monoisotopic (exact) mass is 410 g/mol. The maximum absolute atomic E-state index is 13.6. The fraction of sp³-hybridized carbons (Fsp3) is 0.478. The van der Waals surface area contributed by atoms with Crippen molar-refractivity contribution < 1.29 is 8.42 Å². The average molecular weight is 411 g/mol. The highest BCUT2D eigenvalue weighted by Crippen LogP contribution is 2.48. The summed E-state index contributed by atoms with van der Waals surface area (Å²) >= 11 is 0. The van der Waals surface area contributed by atoms with Gasteiger partial charge in [0.15, 0.2) is 0 Å². The van der Waals surface area contributed by atoms with Crippen molar-refractivity contribution >= 4 is 21.2 Å². The summed E-state index contributed by atoms with van der Waals surface area (Å²) in [5, 5.41) is 0. The normalized spacial score (nSPS) is 24.1. The van der Waals surface area contributed by atoms with Gasteiger partial charge in [0.05, 0.1) is 10.6 Å². The quantitative estimate of drug-likeness (QED) is 0.657. The van der Waals surface area contributed by atoms with Gasteiger partial charge in [-0.15, -0.1) is 0 Å². The first-order valence-corrected chi connectivity index (χ1v) is 12.2. The topological polar surface area (TPSA) is 43.9 Å². The Morgan fingerprint density at radius 3 is 2.59 bits per heavy atom. The third-order valence-electron chi connectivity index (χ3n) is 6.76. The fourth-order valence-electron chi connectivity index (χ4n) is 5.25. The first-order valence-electron chi connectivity index (χ1n) is 10.7. The van der Waals surface area contributed by atoms with Crippen molar-refractivity contribution in [2.75, 3.05) is 49.6 Å². The summed E-state index contributed by atoms with van der Waals surface area (Å²) in [5.74, 6) is 0. The molecule has 3 saturated heterocycles. The Balaban J connectivity index is 1.59. The van der Waals surface area contributed by atoms with E-state index in [1.54, 1.807) is 0 Å². The molecule has 4 aliphatic rings. The number of piperidine rings is 1. The Morgan fingerprint density at radius 1 is 1.03 bits per heavy atom. The minimum Gasteiger partial charge on any atom is -0.374 e. The van der Waals surface area contributed by atoms with E-state index in [9.17, 15) is 8.42 Å². The van der Waals surface area contributed by atoms with Gasteiger partial charge in [0.1, 0.15) is 4.90 Å². The lowest BCUT2D eigenvalue weighted by molar-refractivity contribution is 0.250. The van der Waals surface area contributed by atoms with Crippen LogP contribution in [0.3, 0.4) is 0 Å². The van der Waals surface area contributed by atoms with Gasteiger partial charge in [0.25, 0.3) is 0 Å². The molecule has 29 heavy (non-hydrogen) atoms. The van der Waals surface area contributed by atoms with Crippen molar-refractivity contribution in [1.82, 2.24) is 4.90 Å². The molecule has 0 amide bonds. The van der Waals surface area contributed by atoms with E-state index in [1.165, 1.54) is 0 Å². The zero-order chi connectivity index (χ0) is 20.2. The van der Waals surface area contributed by atoms with Crippen LogP contribution < -0.4 is 9.80 Å². The SMILES string of the molecule is CCCN([11CH3])c1cccc2c1S(=O)(=O)c1cc(N3CCN4CCC3CC4)ccc1-2. The lowest BCUT2D eigenvalue weighted by Gasteiger charge is -2.33. The third kappa shape index (κ3) is 2.96. The first-order chi connectivity index (χ1) is 14.0. The van der Waals surface area contributed by atoms with E-state index in [0.717, 1.165) is 74.5 Å². The van der Waals surface area contributed by atoms with E-state index >= 15 is 0 Å². The van der Waals surface area contributed by atoms with Gasteiger partial charge in [-0.3, -0.25) is 0 Å². The zero-order valence-electron chi connectivity index (χ0n) is 17.3. The van der Waals surface area contributed by atoms with Crippen molar-refractivity contribution in [3.05, 3.63) is 36.4 Å². The number of sulfone groups is 1. The van der Waals surface area contributed by atoms with Crippen LogP contribution in [0.25, 0.3) is 11.1 Å². The summed E-state index contributed by atoms with van der Waals surface area (Å²) in [5.41, 5.74) is 3.55. The molecular weight excluding hydrogens is 381 g/mol. The van der Waals surface area contributed by atoms with E-state index in [-0.39, 0.29) is 0 Å². The highest BCUT2D eigenvalue weighted by molar-refractivity contribution is 7.92. The molecule has 4 heterocycles. The minimum atomic E-state index is -3.52. The molecule has 0 radical (unpaired) electrons. The van der Waals surface area contributed by atoms with E-state index in [1.807, 2.05) is 37.4 Å². The summed E-state index contributed by atoms with van der Waals surface area (Å²) in [6, 6.07) is 12.4. The van der Waals surface area contributed by atoms with Crippen molar-refractivity contribution in [3.63, 3.8) is 0 Å². The second kappa shape index (κ2) is 7.03. The van der Waals surface area contributed by atoms with Gasteiger partial charge in [0, 0.05) is 62.6 Å². The Labute approximate surface area is 173 Å². The maximum atomic E-state index is 13.6. The molecule has 0 N–H and O–H groups in total. The molecule has 2 bridgehead atoms. The number of benzene rings is 2. The van der Waals surface area contributed by atoms with E-state index in [0.29, 0.717) is 15.8 Å². The molecule has 3 fully saturated rings. The number of rotatable bonds is 4. The minimum absolute atomic E-state index is 0.474. The summed E-state index contributed by atoms with van der Waals surface area (Å²) in [6.45, 7) is 7.29. The summed E-state index contributed by atoms with van der Waals surface area (Å²) in [4.78, 5) is 7.97. The molecule has 2 aromatic rings. The molecule has 6 rings (SSSR count). The van der Waals surface area contributed by atoms with Crippen LogP contribution in [0.5, 0.6) is 0 Å². The van der Waals surface area contributed by atoms with Crippen LogP contribution in [-0.4, -0.2) is 59.1 Å². The molecular formula is C23H29N3O2S. The van der Waals surface area contributed by atoms with Crippen molar-refractivity contribution in [2.45, 2.75) is 42.0 Å². The largest absolute Gasteiger partial charge is 0.374 e.